The van der Waals surface area contributed by atoms with Crippen LogP contribution in [0.5, 0.6) is 0 Å². The molecule has 0 saturated carbocycles. The molecular formula is C13H20O. The van der Waals surface area contributed by atoms with Gasteiger partial charge in [-0.15, -0.1) is 0 Å². The first kappa shape index (κ1) is 12.9. The van der Waals surface area contributed by atoms with Crippen LogP contribution in [0.4, 0.5) is 0 Å². The Morgan fingerprint density at radius 2 is 1.57 bits per heavy atom. The fourth-order valence-corrected chi connectivity index (χ4v) is 0.938. The summed E-state index contributed by atoms with van der Waals surface area (Å²) < 4.78 is 0. The molecule has 1 rings (SSSR count). The normalized spacial score (nSPS) is 10.0. The lowest BCUT2D eigenvalue weighted by molar-refractivity contribution is -0.107. The first-order valence-corrected chi connectivity index (χ1v) is 5.01. The Morgan fingerprint density at radius 3 is 1.79 bits per heavy atom. The van der Waals surface area contributed by atoms with Gasteiger partial charge in [-0.3, -0.25) is 0 Å². The predicted molar refractivity (Wildman–Crippen MR) is 61.5 cm³/mol. The van der Waals surface area contributed by atoms with E-state index in [2.05, 4.69) is 51.1 Å². The Bertz CT molecular complexity index is 244. The average Bonchev–Trinajstić information content (AvgIpc) is 2.18. The maximum atomic E-state index is 9.17. The zero-order valence-corrected chi connectivity index (χ0v) is 9.58. The fourth-order valence-electron chi connectivity index (χ4n) is 0.938. The summed E-state index contributed by atoms with van der Waals surface area (Å²) >= 11 is 0. The Kier molecular flexibility index (Phi) is 5.86. The highest BCUT2D eigenvalue weighted by atomic mass is 16.1. The van der Waals surface area contributed by atoms with Gasteiger partial charge in [0.25, 0.3) is 0 Å². The monoisotopic (exact) mass is 192 g/mol. The van der Waals surface area contributed by atoms with Crippen LogP contribution in [0, 0.1) is 0 Å². The van der Waals surface area contributed by atoms with Crippen LogP contribution in [0.1, 0.15) is 39.7 Å². The Labute approximate surface area is 87.2 Å². The molecule has 0 radical (unpaired) electrons. The molecular weight excluding hydrogens is 172 g/mol. The van der Waals surface area contributed by atoms with Gasteiger partial charge in [-0.2, -0.15) is 0 Å². The molecule has 0 N–H and O–H groups in total. The minimum Gasteiger partial charge on any atom is -0.303 e. The van der Waals surface area contributed by atoms with E-state index in [1.807, 2.05) is 6.92 Å². The van der Waals surface area contributed by atoms with Crippen LogP contribution in [0.3, 0.4) is 0 Å². The van der Waals surface area contributed by atoms with Crippen molar-refractivity contribution in [2.24, 2.45) is 0 Å². The van der Waals surface area contributed by atoms with Gasteiger partial charge in [0.2, 0.25) is 0 Å². The van der Waals surface area contributed by atoms with E-state index in [0.717, 1.165) is 6.29 Å². The lowest BCUT2D eigenvalue weighted by Crippen LogP contribution is -2.10. The number of carbonyl (C=O) groups excluding carboxylic acids is 1. The van der Waals surface area contributed by atoms with Crippen LogP contribution >= 0.6 is 0 Å². The molecule has 78 valence electrons. The van der Waals surface area contributed by atoms with E-state index in [1.165, 1.54) is 5.56 Å². The molecule has 0 aliphatic heterocycles. The summed E-state index contributed by atoms with van der Waals surface area (Å²) in [5, 5.41) is 0. The number of hydrogen-bond donors (Lipinski definition) is 0. The summed E-state index contributed by atoms with van der Waals surface area (Å²) in [6, 6.07) is 10.6. The van der Waals surface area contributed by atoms with Crippen molar-refractivity contribution in [1.82, 2.24) is 0 Å². The zero-order valence-electron chi connectivity index (χ0n) is 9.58. The van der Waals surface area contributed by atoms with Crippen molar-refractivity contribution in [3.05, 3.63) is 35.9 Å². The summed E-state index contributed by atoms with van der Waals surface area (Å²) in [5.41, 5.74) is 1.69. The second-order valence-corrected chi connectivity index (χ2v) is 4.19. The molecule has 1 heteroatoms. The minimum atomic E-state index is 0.293. The summed E-state index contributed by atoms with van der Waals surface area (Å²) in [6.07, 6.45) is 1.51. The van der Waals surface area contributed by atoms with Crippen molar-refractivity contribution in [3.8, 4) is 0 Å². The maximum Gasteiger partial charge on any atom is 0.119 e. The quantitative estimate of drug-likeness (QED) is 0.621. The van der Waals surface area contributed by atoms with E-state index < -0.39 is 0 Å². The molecule has 0 aliphatic carbocycles. The van der Waals surface area contributed by atoms with Crippen LogP contribution < -0.4 is 0 Å². The molecule has 14 heavy (non-hydrogen) atoms. The second-order valence-electron chi connectivity index (χ2n) is 4.19. The first-order valence-electron chi connectivity index (χ1n) is 5.01. The standard InChI is InChI=1S/C10H14.C3H6O/c1-10(2,3)9-7-5-4-6-8-9;1-2-3-4/h4-8H,1-3H3;3H,2H2,1H3. The third kappa shape index (κ3) is 5.52. The van der Waals surface area contributed by atoms with Gasteiger partial charge in [-0.1, -0.05) is 58.0 Å². The molecule has 0 bridgehead atoms. The molecule has 0 spiro atoms. The van der Waals surface area contributed by atoms with Crippen LogP contribution in [-0.4, -0.2) is 6.29 Å². The molecule has 0 unspecified atom stereocenters. The Balaban J connectivity index is 0.000000364. The third-order valence-corrected chi connectivity index (χ3v) is 1.81. The lowest BCUT2D eigenvalue weighted by Gasteiger charge is -2.18. The second kappa shape index (κ2) is 6.36. The van der Waals surface area contributed by atoms with Crippen molar-refractivity contribution < 1.29 is 4.79 Å². The summed E-state index contributed by atoms with van der Waals surface area (Å²) in [6.45, 7) is 8.49. The zero-order chi connectivity index (χ0) is 11.0. The van der Waals surface area contributed by atoms with E-state index in [0.29, 0.717) is 11.8 Å². The molecule has 1 nitrogen and oxygen atoms in total. The number of benzene rings is 1. The van der Waals surface area contributed by atoms with Crippen molar-refractivity contribution in [1.29, 1.82) is 0 Å². The minimum absolute atomic E-state index is 0.293. The molecule has 0 aromatic heterocycles. The number of carbonyl (C=O) groups is 1. The van der Waals surface area contributed by atoms with Gasteiger partial charge in [0.1, 0.15) is 6.29 Å². The molecule has 0 aliphatic rings. The van der Waals surface area contributed by atoms with E-state index >= 15 is 0 Å². The van der Waals surface area contributed by atoms with E-state index in [9.17, 15) is 4.79 Å². The van der Waals surface area contributed by atoms with Gasteiger partial charge in [0.15, 0.2) is 0 Å². The SMILES string of the molecule is CC(C)(C)c1ccccc1.CCC=O. The van der Waals surface area contributed by atoms with E-state index in [-0.39, 0.29) is 0 Å². The topological polar surface area (TPSA) is 17.1 Å². The molecule has 0 amide bonds. The fraction of sp³-hybridized carbons (Fsp3) is 0.462. The third-order valence-electron chi connectivity index (χ3n) is 1.81. The highest BCUT2D eigenvalue weighted by molar-refractivity contribution is 5.48. The van der Waals surface area contributed by atoms with Gasteiger partial charge < -0.3 is 4.79 Å². The molecule has 1 aromatic carbocycles. The maximum absolute atomic E-state index is 9.17. The van der Waals surface area contributed by atoms with E-state index in [1.54, 1.807) is 0 Å². The summed E-state index contributed by atoms with van der Waals surface area (Å²) in [5.74, 6) is 0. The van der Waals surface area contributed by atoms with Crippen molar-refractivity contribution in [2.75, 3.05) is 0 Å². The number of rotatable bonds is 1. The summed E-state index contributed by atoms with van der Waals surface area (Å²) in [7, 11) is 0. The molecule has 0 fully saturated rings. The van der Waals surface area contributed by atoms with Crippen LogP contribution in [0.15, 0.2) is 30.3 Å². The summed E-state index contributed by atoms with van der Waals surface area (Å²) in [4.78, 5) is 9.17. The number of hydrogen-bond acceptors (Lipinski definition) is 1. The van der Waals surface area contributed by atoms with Crippen molar-refractivity contribution in [3.63, 3.8) is 0 Å². The number of aldehydes is 1. The van der Waals surface area contributed by atoms with Gasteiger partial charge >= 0.3 is 0 Å². The molecule has 1 aromatic rings. The predicted octanol–water partition coefficient (Wildman–Crippen LogP) is 3.58. The molecule has 0 saturated heterocycles. The van der Waals surface area contributed by atoms with Gasteiger partial charge in [0.05, 0.1) is 0 Å². The van der Waals surface area contributed by atoms with Crippen molar-refractivity contribution >= 4 is 6.29 Å². The van der Waals surface area contributed by atoms with E-state index in [4.69, 9.17) is 0 Å². The largest absolute Gasteiger partial charge is 0.303 e. The van der Waals surface area contributed by atoms with Crippen molar-refractivity contribution in [2.45, 2.75) is 39.5 Å². The van der Waals surface area contributed by atoms with Gasteiger partial charge in [0, 0.05) is 6.42 Å². The Morgan fingerprint density at radius 1 is 1.14 bits per heavy atom. The lowest BCUT2D eigenvalue weighted by atomic mass is 9.87. The first-order chi connectivity index (χ1) is 6.52. The highest BCUT2D eigenvalue weighted by Crippen LogP contribution is 2.20. The van der Waals surface area contributed by atoms with Crippen LogP contribution in [-0.2, 0) is 10.2 Å². The van der Waals surface area contributed by atoms with Crippen LogP contribution in [0.2, 0.25) is 0 Å². The Hall–Kier alpha value is -1.11. The van der Waals surface area contributed by atoms with Gasteiger partial charge in [-0.25, -0.2) is 0 Å². The highest BCUT2D eigenvalue weighted by Gasteiger charge is 2.11. The average molecular weight is 192 g/mol. The van der Waals surface area contributed by atoms with Gasteiger partial charge in [-0.05, 0) is 11.0 Å². The molecule has 0 atom stereocenters. The molecule has 0 heterocycles. The smallest absolute Gasteiger partial charge is 0.119 e. The van der Waals surface area contributed by atoms with Crippen LogP contribution in [0.25, 0.3) is 0 Å².